The fourth-order valence-corrected chi connectivity index (χ4v) is 3.32. The average molecular weight is 379 g/mol. The summed E-state index contributed by atoms with van der Waals surface area (Å²) in [5, 5.41) is 9.78. The van der Waals surface area contributed by atoms with Gasteiger partial charge in [0.15, 0.2) is 5.82 Å². The van der Waals surface area contributed by atoms with Crippen molar-refractivity contribution in [2.24, 2.45) is 5.92 Å². The van der Waals surface area contributed by atoms with Crippen LogP contribution in [0.25, 0.3) is 11.4 Å². The quantitative estimate of drug-likeness (QED) is 0.699. The number of H-pyrrole nitrogens is 1. The molecule has 9 heteroatoms. The van der Waals surface area contributed by atoms with Gasteiger partial charge in [0, 0.05) is 25.5 Å². The van der Waals surface area contributed by atoms with Crippen LogP contribution in [-0.4, -0.2) is 51.3 Å². The Hall–Kier alpha value is -3.49. The maximum Gasteiger partial charge on any atom is 0.249 e. The van der Waals surface area contributed by atoms with Crippen LogP contribution in [0.3, 0.4) is 0 Å². The van der Waals surface area contributed by atoms with Crippen LogP contribution >= 0.6 is 0 Å². The number of nitrogens with zero attached hydrogens (tertiary/aromatic N) is 5. The molecule has 0 bridgehead atoms. The highest BCUT2D eigenvalue weighted by Gasteiger charge is 2.27. The van der Waals surface area contributed by atoms with Gasteiger partial charge in [-0.3, -0.25) is 15.2 Å². The Morgan fingerprint density at radius 2 is 2.07 bits per heavy atom. The molecule has 0 saturated carbocycles. The molecule has 4 rings (SSSR count). The number of anilines is 2. The second-order valence-electron chi connectivity index (χ2n) is 6.53. The van der Waals surface area contributed by atoms with Gasteiger partial charge in [-0.25, -0.2) is 9.97 Å². The van der Waals surface area contributed by atoms with Gasteiger partial charge in [-0.15, -0.1) is 5.10 Å². The lowest BCUT2D eigenvalue weighted by Gasteiger charge is -2.31. The molecular formula is C19H21N7O2. The minimum absolute atomic E-state index is 0.105. The van der Waals surface area contributed by atoms with Crippen molar-refractivity contribution in [2.75, 3.05) is 30.4 Å². The third-order valence-electron chi connectivity index (χ3n) is 4.71. The van der Waals surface area contributed by atoms with Crippen LogP contribution in [0.5, 0.6) is 5.75 Å². The summed E-state index contributed by atoms with van der Waals surface area (Å²) in [6, 6.07) is 9.27. The fraction of sp³-hybridized carbons (Fsp3) is 0.316. The van der Waals surface area contributed by atoms with Gasteiger partial charge < -0.3 is 9.64 Å². The summed E-state index contributed by atoms with van der Waals surface area (Å²) in [6.07, 6.45) is 5.12. The van der Waals surface area contributed by atoms with Gasteiger partial charge >= 0.3 is 0 Å². The minimum atomic E-state index is -0.175. The molecule has 1 fully saturated rings. The second-order valence-corrected chi connectivity index (χ2v) is 6.53. The lowest BCUT2D eigenvalue weighted by molar-refractivity contribution is -0.120. The average Bonchev–Trinajstić information content (AvgIpc) is 3.22. The van der Waals surface area contributed by atoms with Crippen molar-refractivity contribution in [3.05, 3.63) is 42.7 Å². The number of carbonyl (C=O) groups is 1. The maximum absolute atomic E-state index is 12.7. The van der Waals surface area contributed by atoms with Gasteiger partial charge in [-0.1, -0.05) is 12.1 Å². The third kappa shape index (κ3) is 3.78. The van der Waals surface area contributed by atoms with Crippen LogP contribution in [0.4, 0.5) is 11.9 Å². The number of benzene rings is 1. The van der Waals surface area contributed by atoms with Crippen molar-refractivity contribution in [1.29, 1.82) is 0 Å². The third-order valence-corrected chi connectivity index (χ3v) is 4.71. The number of para-hydroxylation sites is 1. The van der Waals surface area contributed by atoms with E-state index in [1.165, 1.54) is 0 Å². The molecule has 3 heterocycles. The van der Waals surface area contributed by atoms with Gasteiger partial charge in [0.1, 0.15) is 5.75 Å². The molecule has 144 valence electrons. The highest BCUT2D eigenvalue weighted by atomic mass is 16.5. The van der Waals surface area contributed by atoms with Crippen molar-refractivity contribution >= 4 is 17.8 Å². The fourth-order valence-electron chi connectivity index (χ4n) is 3.32. The Kier molecular flexibility index (Phi) is 5.14. The van der Waals surface area contributed by atoms with E-state index in [1.54, 1.807) is 25.6 Å². The second kappa shape index (κ2) is 8.03. The molecule has 0 spiro atoms. The molecule has 3 aromatic rings. The number of piperidine rings is 1. The van der Waals surface area contributed by atoms with Crippen molar-refractivity contribution < 1.29 is 9.53 Å². The van der Waals surface area contributed by atoms with Crippen LogP contribution in [0.15, 0.2) is 42.7 Å². The van der Waals surface area contributed by atoms with Crippen LogP contribution in [-0.2, 0) is 4.79 Å². The zero-order valence-electron chi connectivity index (χ0n) is 15.5. The number of aromatic amines is 1. The first-order chi connectivity index (χ1) is 13.7. The summed E-state index contributed by atoms with van der Waals surface area (Å²) < 4.78 is 5.35. The van der Waals surface area contributed by atoms with Crippen molar-refractivity contribution in [1.82, 2.24) is 25.1 Å². The molecule has 1 aliphatic heterocycles. The monoisotopic (exact) mass is 379 g/mol. The van der Waals surface area contributed by atoms with E-state index in [2.05, 4.69) is 30.5 Å². The molecule has 0 unspecified atom stereocenters. The number of ether oxygens (including phenoxy) is 1. The SMILES string of the molecule is COc1ccccc1-c1nc(NC(=O)[C@H]2CCCN(c3ncccn3)C2)n[nH]1. The molecular weight excluding hydrogens is 358 g/mol. The lowest BCUT2D eigenvalue weighted by Crippen LogP contribution is -2.41. The first-order valence-electron chi connectivity index (χ1n) is 9.13. The van der Waals surface area contributed by atoms with Crippen LogP contribution < -0.4 is 15.0 Å². The predicted octanol–water partition coefficient (Wildman–Crippen LogP) is 2.13. The van der Waals surface area contributed by atoms with Crippen LogP contribution in [0, 0.1) is 5.92 Å². The topological polar surface area (TPSA) is 109 Å². The number of hydrogen-bond acceptors (Lipinski definition) is 7. The van der Waals surface area contributed by atoms with E-state index in [0.29, 0.717) is 24.1 Å². The molecule has 28 heavy (non-hydrogen) atoms. The molecule has 1 aromatic carbocycles. The summed E-state index contributed by atoms with van der Waals surface area (Å²) in [5.74, 6) is 1.84. The summed E-state index contributed by atoms with van der Waals surface area (Å²) in [6.45, 7) is 1.41. The Labute approximate surface area is 162 Å². The van der Waals surface area contributed by atoms with Crippen LogP contribution in [0.2, 0.25) is 0 Å². The van der Waals surface area contributed by atoms with Crippen molar-refractivity contribution in [3.63, 3.8) is 0 Å². The molecule has 0 aliphatic carbocycles. The van der Waals surface area contributed by atoms with Gasteiger partial charge in [0.05, 0.1) is 18.6 Å². The molecule has 2 aromatic heterocycles. The first kappa shape index (κ1) is 17.9. The van der Waals surface area contributed by atoms with Gasteiger partial charge in [0.2, 0.25) is 17.8 Å². The van der Waals surface area contributed by atoms with E-state index in [-0.39, 0.29) is 17.8 Å². The van der Waals surface area contributed by atoms with Crippen molar-refractivity contribution in [2.45, 2.75) is 12.8 Å². The highest BCUT2D eigenvalue weighted by molar-refractivity contribution is 5.91. The summed E-state index contributed by atoms with van der Waals surface area (Å²) in [5.41, 5.74) is 0.781. The van der Waals surface area contributed by atoms with E-state index in [0.717, 1.165) is 24.9 Å². The number of hydrogen-bond donors (Lipinski definition) is 2. The van der Waals surface area contributed by atoms with E-state index in [1.807, 2.05) is 29.2 Å². The maximum atomic E-state index is 12.7. The largest absolute Gasteiger partial charge is 0.496 e. The number of carbonyl (C=O) groups excluding carboxylic acids is 1. The lowest BCUT2D eigenvalue weighted by atomic mass is 9.97. The van der Waals surface area contributed by atoms with Crippen molar-refractivity contribution in [3.8, 4) is 17.1 Å². The molecule has 1 atom stereocenters. The van der Waals surface area contributed by atoms with Gasteiger partial charge in [-0.2, -0.15) is 4.98 Å². The first-order valence-corrected chi connectivity index (χ1v) is 9.13. The van der Waals surface area contributed by atoms with E-state index >= 15 is 0 Å². The number of nitrogens with one attached hydrogen (secondary N) is 2. The Morgan fingerprint density at radius 1 is 1.25 bits per heavy atom. The zero-order valence-corrected chi connectivity index (χ0v) is 15.5. The van der Waals surface area contributed by atoms with Crippen LogP contribution in [0.1, 0.15) is 12.8 Å². The molecule has 2 N–H and O–H groups in total. The Bertz CT molecular complexity index is 944. The standard InChI is InChI=1S/C19H21N7O2/c1-28-15-8-3-2-7-14(15)16-22-18(25-24-16)23-17(27)13-6-4-11-26(12-13)19-20-9-5-10-21-19/h2-3,5,7-10,13H,4,6,11-12H2,1H3,(H2,22,23,24,25,27)/t13-/m0/s1. The summed E-state index contributed by atoms with van der Waals surface area (Å²) >= 11 is 0. The van der Waals surface area contributed by atoms with E-state index in [4.69, 9.17) is 4.74 Å². The van der Waals surface area contributed by atoms with E-state index in [9.17, 15) is 4.79 Å². The molecule has 1 amide bonds. The summed E-state index contributed by atoms with van der Waals surface area (Å²) in [4.78, 5) is 27.7. The Balaban J connectivity index is 1.43. The highest BCUT2D eigenvalue weighted by Crippen LogP contribution is 2.27. The predicted molar refractivity (Wildman–Crippen MR) is 104 cm³/mol. The normalized spacial score (nSPS) is 16.6. The minimum Gasteiger partial charge on any atom is -0.496 e. The summed E-state index contributed by atoms with van der Waals surface area (Å²) in [7, 11) is 1.60. The molecule has 9 nitrogen and oxygen atoms in total. The molecule has 1 saturated heterocycles. The number of aromatic nitrogens is 5. The number of amides is 1. The van der Waals surface area contributed by atoms with Gasteiger partial charge in [-0.05, 0) is 31.0 Å². The smallest absolute Gasteiger partial charge is 0.249 e. The van der Waals surface area contributed by atoms with Gasteiger partial charge in [0.25, 0.3) is 0 Å². The van der Waals surface area contributed by atoms with E-state index < -0.39 is 0 Å². The Morgan fingerprint density at radius 3 is 2.89 bits per heavy atom. The molecule has 0 radical (unpaired) electrons. The molecule has 1 aliphatic rings. The zero-order chi connectivity index (χ0) is 19.3. The number of rotatable bonds is 5. The number of methoxy groups -OCH3 is 1.